The Bertz CT molecular complexity index is 493. The fourth-order valence-corrected chi connectivity index (χ4v) is 3.82. The van der Waals surface area contributed by atoms with Crippen LogP contribution in [0.1, 0.15) is 58.2 Å². The van der Waals surface area contributed by atoms with Gasteiger partial charge in [0, 0.05) is 16.2 Å². The van der Waals surface area contributed by atoms with Crippen molar-refractivity contribution in [2.24, 2.45) is 11.3 Å². The predicted molar refractivity (Wildman–Crippen MR) is 88.9 cm³/mol. The number of carbonyl (C=O) groups excluding carboxylic acids is 1. The highest BCUT2D eigenvalue weighted by atomic mass is 32.1. The van der Waals surface area contributed by atoms with Gasteiger partial charge in [0.1, 0.15) is 10.8 Å². The van der Waals surface area contributed by atoms with Crippen LogP contribution in [0, 0.1) is 11.3 Å². The zero-order chi connectivity index (χ0) is 15.7. The molecule has 1 atom stereocenters. The Balaban J connectivity index is 2.04. The topological polar surface area (TPSA) is 42.0 Å². The van der Waals surface area contributed by atoms with Crippen LogP contribution in [0.4, 0.5) is 0 Å². The Kier molecular flexibility index (Phi) is 4.89. The summed E-state index contributed by atoms with van der Waals surface area (Å²) in [6.45, 7) is 12.7. The number of Topliss-reactive ketones (excluding diaryl/α,β-unsaturated/α-hetero) is 1. The molecule has 21 heavy (non-hydrogen) atoms. The SMILES string of the molecule is CC(C)(C)c1csc(CC(=O)C(C)(C)C2CCCNC2)n1. The van der Waals surface area contributed by atoms with E-state index in [9.17, 15) is 4.79 Å². The number of nitrogens with zero attached hydrogens (tertiary/aromatic N) is 1. The molecule has 0 spiro atoms. The molecule has 0 bridgehead atoms. The third-order valence-electron chi connectivity index (χ3n) is 4.67. The second-order valence-electron chi connectivity index (χ2n) is 7.74. The molecule has 1 N–H and O–H groups in total. The minimum atomic E-state index is -0.263. The molecule has 0 radical (unpaired) electrons. The summed E-state index contributed by atoms with van der Waals surface area (Å²) in [7, 11) is 0. The number of hydrogen-bond acceptors (Lipinski definition) is 4. The van der Waals surface area contributed by atoms with Gasteiger partial charge in [-0.15, -0.1) is 11.3 Å². The summed E-state index contributed by atoms with van der Waals surface area (Å²) in [6.07, 6.45) is 2.80. The Hall–Kier alpha value is -0.740. The first-order chi connectivity index (χ1) is 9.71. The summed E-state index contributed by atoms with van der Waals surface area (Å²) < 4.78 is 0. The van der Waals surface area contributed by atoms with E-state index < -0.39 is 0 Å². The van der Waals surface area contributed by atoms with Gasteiger partial charge in [-0.1, -0.05) is 34.6 Å². The Morgan fingerprint density at radius 2 is 2.10 bits per heavy atom. The van der Waals surface area contributed by atoms with Crippen molar-refractivity contribution < 1.29 is 4.79 Å². The van der Waals surface area contributed by atoms with Crippen LogP contribution in [-0.4, -0.2) is 23.9 Å². The second-order valence-corrected chi connectivity index (χ2v) is 8.68. The molecule has 4 heteroatoms. The summed E-state index contributed by atoms with van der Waals surface area (Å²) in [5.74, 6) is 0.770. The lowest BCUT2D eigenvalue weighted by Gasteiger charge is -2.36. The molecular formula is C17H28N2OS. The van der Waals surface area contributed by atoms with Gasteiger partial charge >= 0.3 is 0 Å². The molecular weight excluding hydrogens is 280 g/mol. The lowest BCUT2D eigenvalue weighted by atomic mass is 9.71. The Labute approximate surface area is 132 Å². The first-order valence-electron chi connectivity index (χ1n) is 7.90. The van der Waals surface area contributed by atoms with E-state index in [4.69, 9.17) is 0 Å². The van der Waals surface area contributed by atoms with E-state index in [2.05, 4.69) is 50.3 Å². The van der Waals surface area contributed by atoms with Crippen molar-refractivity contribution >= 4 is 17.1 Å². The lowest BCUT2D eigenvalue weighted by Crippen LogP contribution is -2.43. The molecule has 1 aromatic rings. The Morgan fingerprint density at radius 1 is 1.38 bits per heavy atom. The number of aromatic nitrogens is 1. The predicted octanol–water partition coefficient (Wildman–Crippen LogP) is 3.58. The van der Waals surface area contributed by atoms with Gasteiger partial charge in [0.15, 0.2) is 0 Å². The third-order valence-corrected chi connectivity index (χ3v) is 5.52. The van der Waals surface area contributed by atoms with Gasteiger partial charge in [-0.05, 0) is 31.8 Å². The summed E-state index contributed by atoms with van der Waals surface area (Å²) in [4.78, 5) is 17.4. The maximum Gasteiger partial charge on any atom is 0.145 e. The fraction of sp³-hybridized carbons (Fsp3) is 0.765. The Morgan fingerprint density at radius 3 is 2.62 bits per heavy atom. The number of piperidine rings is 1. The van der Waals surface area contributed by atoms with Crippen molar-refractivity contribution in [1.29, 1.82) is 0 Å². The fourth-order valence-electron chi connectivity index (χ4n) is 2.80. The van der Waals surface area contributed by atoms with Crippen LogP contribution in [0.2, 0.25) is 0 Å². The van der Waals surface area contributed by atoms with Crippen LogP contribution < -0.4 is 5.32 Å². The molecule has 0 saturated carbocycles. The highest BCUT2D eigenvalue weighted by Crippen LogP contribution is 2.34. The largest absolute Gasteiger partial charge is 0.316 e. The minimum Gasteiger partial charge on any atom is -0.316 e. The van der Waals surface area contributed by atoms with Crippen molar-refractivity contribution in [1.82, 2.24) is 10.3 Å². The number of carbonyl (C=O) groups is 1. The van der Waals surface area contributed by atoms with Crippen molar-refractivity contribution in [3.05, 3.63) is 16.1 Å². The molecule has 1 saturated heterocycles. The van der Waals surface area contributed by atoms with E-state index in [1.165, 1.54) is 6.42 Å². The summed E-state index contributed by atoms with van der Waals surface area (Å²) in [5.41, 5.74) is 0.883. The van der Waals surface area contributed by atoms with Gasteiger partial charge in [0.2, 0.25) is 0 Å². The van der Waals surface area contributed by atoms with Crippen LogP contribution in [0.3, 0.4) is 0 Å². The molecule has 3 nitrogen and oxygen atoms in total. The number of rotatable bonds is 4. The van der Waals surface area contributed by atoms with Crippen LogP contribution in [-0.2, 0) is 16.6 Å². The first kappa shape index (κ1) is 16.6. The van der Waals surface area contributed by atoms with Crippen molar-refractivity contribution in [2.75, 3.05) is 13.1 Å². The van der Waals surface area contributed by atoms with Crippen molar-refractivity contribution in [2.45, 2.75) is 59.3 Å². The molecule has 118 valence electrons. The monoisotopic (exact) mass is 308 g/mol. The molecule has 0 amide bonds. The van der Waals surface area contributed by atoms with E-state index in [1.807, 2.05) is 0 Å². The maximum absolute atomic E-state index is 12.7. The average Bonchev–Trinajstić information content (AvgIpc) is 2.88. The van der Waals surface area contributed by atoms with Gasteiger partial charge in [-0.2, -0.15) is 0 Å². The zero-order valence-electron chi connectivity index (χ0n) is 14.0. The van der Waals surface area contributed by atoms with Gasteiger partial charge in [0.25, 0.3) is 0 Å². The molecule has 2 rings (SSSR count). The van der Waals surface area contributed by atoms with E-state index in [1.54, 1.807) is 11.3 Å². The lowest BCUT2D eigenvalue weighted by molar-refractivity contribution is -0.129. The van der Waals surface area contributed by atoms with Crippen LogP contribution in [0.15, 0.2) is 5.38 Å². The normalized spacial score (nSPS) is 20.5. The number of hydrogen-bond donors (Lipinski definition) is 1. The van der Waals surface area contributed by atoms with E-state index in [0.29, 0.717) is 18.1 Å². The molecule has 1 fully saturated rings. The van der Waals surface area contributed by atoms with Gasteiger partial charge < -0.3 is 5.32 Å². The van der Waals surface area contributed by atoms with Crippen molar-refractivity contribution in [3.8, 4) is 0 Å². The molecule has 1 unspecified atom stereocenters. The smallest absolute Gasteiger partial charge is 0.145 e. The maximum atomic E-state index is 12.7. The molecule has 1 aliphatic heterocycles. The molecule has 0 aromatic carbocycles. The van der Waals surface area contributed by atoms with E-state index in [0.717, 1.165) is 30.2 Å². The number of thiazole rings is 1. The van der Waals surface area contributed by atoms with Crippen LogP contribution >= 0.6 is 11.3 Å². The quantitative estimate of drug-likeness (QED) is 0.924. The average molecular weight is 308 g/mol. The minimum absolute atomic E-state index is 0.0562. The zero-order valence-corrected chi connectivity index (χ0v) is 14.8. The first-order valence-corrected chi connectivity index (χ1v) is 8.78. The molecule has 1 aromatic heterocycles. The summed E-state index contributed by atoms with van der Waals surface area (Å²) in [5, 5.41) is 6.47. The van der Waals surface area contributed by atoms with E-state index >= 15 is 0 Å². The van der Waals surface area contributed by atoms with Gasteiger partial charge in [0.05, 0.1) is 12.1 Å². The van der Waals surface area contributed by atoms with Crippen LogP contribution in [0.25, 0.3) is 0 Å². The summed E-state index contributed by atoms with van der Waals surface area (Å²) >= 11 is 1.62. The number of nitrogens with one attached hydrogen (secondary N) is 1. The second kappa shape index (κ2) is 6.17. The standard InChI is InChI=1S/C17H28N2OS/c1-16(2,3)13-11-21-15(19-13)9-14(20)17(4,5)12-7-6-8-18-10-12/h11-12,18H,6-10H2,1-5H3. The van der Waals surface area contributed by atoms with Gasteiger partial charge in [-0.3, -0.25) is 4.79 Å². The summed E-state index contributed by atoms with van der Waals surface area (Å²) in [6, 6.07) is 0. The molecule has 0 aliphatic carbocycles. The molecule has 2 heterocycles. The third kappa shape index (κ3) is 3.92. The number of ketones is 1. The highest BCUT2D eigenvalue weighted by molar-refractivity contribution is 7.09. The van der Waals surface area contributed by atoms with Crippen LogP contribution in [0.5, 0.6) is 0 Å². The van der Waals surface area contributed by atoms with Crippen molar-refractivity contribution in [3.63, 3.8) is 0 Å². The molecule has 1 aliphatic rings. The van der Waals surface area contributed by atoms with Gasteiger partial charge in [-0.25, -0.2) is 4.98 Å². The highest BCUT2D eigenvalue weighted by Gasteiger charge is 2.37. The van der Waals surface area contributed by atoms with E-state index in [-0.39, 0.29) is 10.8 Å².